The summed E-state index contributed by atoms with van der Waals surface area (Å²) >= 11 is 5.01. The fraction of sp³-hybridized carbons (Fsp3) is 0.200. The van der Waals surface area contributed by atoms with Gasteiger partial charge in [0, 0.05) is 23.7 Å². The van der Waals surface area contributed by atoms with Crippen LogP contribution in [0.2, 0.25) is 0 Å². The van der Waals surface area contributed by atoms with Crippen LogP contribution in [0.4, 0.5) is 0 Å². The lowest BCUT2D eigenvalue weighted by atomic mass is 10.2. The quantitative estimate of drug-likeness (QED) is 0.942. The Morgan fingerprint density at radius 3 is 2.87 bits per heavy atom. The van der Waals surface area contributed by atoms with E-state index in [9.17, 15) is 5.11 Å². The van der Waals surface area contributed by atoms with E-state index < -0.39 is 6.10 Å². The summed E-state index contributed by atoms with van der Waals surface area (Å²) in [6.45, 7) is 0. The van der Waals surface area contributed by atoms with Crippen molar-refractivity contribution in [2.75, 3.05) is 0 Å². The molecule has 3 nitrogen and oxygen atoms in total. The largest absolute Gasteiger partial charge is 0.386 e. The first kappa shape index (κ1) is 10.7. The molecule has 1 N–H and O–H groups in total. The van der Waals surface area contributed by atoms with Crippen molar-refractivity contribution in [1.29, 1.82) is 0 Å². The van der Waals surface area contributed by atoms with Crippen LogP contribution in [-0.2, 0) is 6.42 Å². The zero-order valence-corrected chi connectivity index (χ0v) is 10.2. The van der Waals surface area contributed by atoms with Gasteiger partial charge in [0.25, 0.3) is 0 Å². The van der Waals surface area contributed by atoms with Gasteiger partial charge in [-0.05, 0) is 28.1 Å². The van der Waals surface area contributed by atoms with Crippen molar-refractivity contribution < 1.29 is 5.11 Å². The van der Waals surface area contributed by atoms with Gasteiger partial charge in [0.1, 0.15) is 6.10 Å². The molecule has 0 radical (unpaired) electrons. The van der Waals surface area contributed by atoms with Crippen LogP contribution in [0.15, 0.2) is 34.5 Å². The zero-order valence-electron chi connectivity index (χ0n) is 7.80. The topological polar surface area (TPSA) is 46.0 Å². The van der Waals surface area contributed by atoms with Crippen molar-refractivity contribution in [2.24, 2.45) is 0 Å². The molecule has 15 heavy (non-hydrogen) atoms. The number of aliphatic hydroxyl groups is 1. The van der Waals surface area contributed by atoms with Crippen LogP contribution >= 0.6 is 27.3 Å². The van der Waals surface area contributed by atoms with Crippen LogP contribution in [0.25, 0.3) is 0 Å². The van der Waals surface area contributed by atoms with Crippen molar-refractivity contribution in [3.8, 4) is 0 Å². The summed E-state index contributed by atoms with van der Waals surface area (Å²) in [6.07, 6.45) is 4.77. The molecule has 0 fully saturated rings. The van der Waals surface area contributed by atoms with Gasteiger partial charge in [0.15, 0.2) is 0 Å². The van der Waals surface area contributed by atoms with Crippen molar-refractivity contribution >= 4 is 27.3 Å². The van der Waals surface area contributed by atoms with Crippen LogP contribution in [0, 0.1) is 0 Å². The molecule has 0 aromatic carbocycles. The molecule has 1 unspecified atom stereocenters. The molecule has 1 atom stereocenters. The van der Waals surface area contributed by atoms with Gasteiger partial charge in [-0.3, -0.25) is 9.97 Å². The van der Waals surface area contributed by atoms with Gasteiger partial charge in [0.2, 0.25) is 0 Å². The average Bonchev–Trinajstić information content (AvgIpc) is 2.65. The second-order valence-corrected chi connectivity index (χ2v) is 5.60. The molecule has 0 aliphatic rings. The predicted molar refractivity (Wildman–Crippen MR) is 62.7 cm³/mol. The average molecular weight is 285 g/mol. The Labute approximate surface area is 100.0 Å². The van der Waals surface area contributed by atoms with E-state index in [1.165, 1.54) is 0 Å². The molecule has 5 heteroatoms. The van der Waals surface area contributed by atoms with Gasteiger partial charge >= 0.3 is 0 Å². The van der Waals surface area contributed by atoms with E-state index >= 15 is 0 Å². The zero-order chi connectivity index (χ0) is 10.7. The number of rotatable bonds is 3. The lowest BCUT2D eigenvalue weighted by Gasteiger charge is -2.07. The monoisotopic (exact) mass is 284 g/mol. The maximum absolute atomic E-state index is 9.87. The summed E-state index contributed by atoms with van der Waals surface area (Å²) in [5.41, 5.74) is 0.613. The summed E-state index contributed by atoms with van der Waals surface area (Å²) in [4.78, 5) is 9.11. The third kappa shape index (κ3) is 2.84. The molecule has 0 saturated heterocycles. The SMILES string of the molecule is OC(Cc1ccc(Br)s1)c1cnccn1. The number of aromatic nitrogens is 2. The molecule has 2 aromatic rings. The molecule has 0 amide bonds. The van der Waals surface area contributed by atoms with Gasteiger partial charge in [-0.1, -0.05) is 0 Å². The molecule has 0 saturated carbocycles. The fourth-order valence-electron chi connectivity index (χ4n) is 1.24. The van der Waals surface area contributed by atoms with E-state index in [0.717, 1.165) is 8.66 Å². The Kier molecular flexibility index (Phi) is 3.45. The minimum absolute atomic E-state index is 0.578. The van der Waals surface area contributed by atoms with E-state index in [1.807, 2.05) is 12.1 Å². The first-order valence-corrected chi connectivity index (χ1v) is 6.05. The smallest absolute Gasteiger partial charge is 0.102 e. The molecular formula is C10H9BrN2OS. The van der Waals surface area contributed by atoms with Gasteiger partial charge in [-0.25, -0.2) is 0 Å². The number of nitrogens with zero attached hydrogens (tertiary/aromatic N) is 2. The number of hydrogen-bond donors (Lipinski definition) is 1. The highest BCUT2D eigenvalue weighted by Crippen LogP contribution is 2.25. The normalized spacial score (nSPS) is 12.7. The Morgan fingerprint density at radius 1 is 1.40 bits per heavy atom. The third-order valence-corrected chi connectivity index (χ3v) is 3.59. The highest BCUT2D eigenvalue weighted by Gasteiger charge is 2.11. The van der Waals surface area contributed by atoms with Crippen LogP contribution in [0.3, 0.4) is 0 Å². The molecule has 0 aliphatic carbocycles. The third-order valence-electron chi connectivity index (χ3n) is 1.95. The molecule has 2 aromatic heterocycles. The summed E-state index contributed by atoms with van der Waals surface area (Å²) in [5, 5.41) is 9.87. The van der Waals surface area contributed by atoms with Crippen LogP contribution in [-0.4, -0.2) is 15.1 Å². The summed E-state index contributed by atoms with van der Waals surface area (Å²) < 4.78 is 1.07. The Hall–Kier alpha value is -0.780. The highest BCUT2D eigenvalue weighted by molar-refractivity contribution is 9.11. The Bertz CT molecular complexity index is 432. The molecular weight excluding hydrogens is 276 g/mol. The number of aliphatic hydroxyl groups excluding tert-OH is 1. The predicted octanol–water partition coefficient (Wildman–Crippen LogP) is 2.58. The van der Waals surface area contributed by atoms with Crippen molar-refractivity contribution in [2.45, 2.75) is 12.5 Å². The second kappa shape index (κ2) is 4.83. The maximum Gasteiger partial charge on any atom is 0.102 e. The lowest BCUT2D eigenvalue weighted by Crippen LogP contribution is -2.03. The lowest BCUT2D eigenvalue weighted by molar-refractivity contribution is 0.174. The maximum atomic E-state index is 9.87. The van der Waals surface area contributed by atoms with E-state index in [4.69, 9.17) is 0 Å². The Morgan fingerprint density at radius 2 is 2.27 bits per heavy atom. The number of halogens is 1. The standard InChI is InChI=1S/C10H9BrN2OS/c11-10-2-1-7(15-10)5-9(14)8-6-12-3-4-13-8/h1-4,6,9,14H,5H2. The molecule has 78 valence electrons. The summed E-state index contributed by atoms with van der Waals surface area (Å²) in [5.74, 6) is 0. The molecule has 2 heterocycles. The van der Waals surface area contributed by atoms with Gasteiger partial charge in [-0.15, -0.1) is 11.3 Å². The molecule has 2 rings (SSSR count). The highest BCUT2D eigenvalue weighted by atomic mass is 79.9. The minimum Gasteiger partial charge on any atom is -0.386 e. The molecule has 0 aliphatic heterocycles. The summed E-state index contributed by atoms with van der Waals surface area (Å²) in [7, 11) is 0. The van der Waals surface area contributed by atoms with Gasteiger partial charge in [-0.2, -0.15) is 0 Å². The van der Waals surface area contributed by atoms with Gasteiger partial charge in [0.05, 0.1) is 15.7 Å². The van der Waals surface area contributed by atoms with Crippen LogP contribution in [0.5, 0.6) is 0 Å². The van der Waals surface area contributed by atoms with Crippen molar-refractivity contribution in [3.63, 3.8) is 0 Å². The Balaban J connectivity index is 2.07. The number of thiophene rings is 1. The van der Waals surface area contributed by atoms with E-state index in [1.54, 1.807) is 29.9 Å². The first-order valence-electron chi connectivity index (χ1n) is 4.44. The minimum atomic E-state index is -0.579. The molecule has 0 bridgehead atoms. The second-order valence-electron chi connectivity index (χ2n) is 3.06. The van der Waals surface area contributed by atoms with Gasteiger partial charge < -0.3 is 5.11 Å². The first-order chi connectivity index (χ1) is 7.25. The van der Waals surface area contributed by atoms with E-state index in [-0.39, 0.29) is 0 Å². The van der Waals surface area contributed by atoms with Crippen LogP contribution < -0.4 is 0 Å². The number of hydrogen-bond acceptors (Lipinski definition) is 4. The van der Waals surface area contributed by atoms with Crippen LogP contribution in [0.1, 0.15) is 16.7 Å². The van der Waals surface area contributed by atoms with Crippen molar-refractivity contribution in [3.05, 3.63) is 45.1 Å². The van der Waals surface area contributed by atoms with E-state index in [0.29, 0.717) is 12.1 Å². The van der Waals surface area contributed by atoms with Crippen molar-refractivity contribution in [1.82, 2.24) is 9.97 Å². The summed E-state index contributed by atoms with van der Waals surface area (Å²) in [6, 6.07) is 3.97. The van der Waals surface area contributed by atoms with E-state index in [2.05, 4.69) is 25.9 Å². The fourth-order valence-corrected chi connectivity index (χ4v) is 2.76. The molecule has 0 spiro atoms.